The molecule has 0 saturated heterocycles. The Labute approximate surface area is 208 Å². The van der Waals surface area contributed by atoms with Gasteiger partial charge >= 0.3 is 5.97 Å². The fourth-order valence-corrected chi connectivity index (χ4v) is 4.03. The van der Waals surface area contributed by atoms with Crippen LogP contribution in [-0.2, 0) is 9.59 Å². The van der Waals surface area contributed by atoms with Crippen molar-refractivity contribution in [1.29, 1.82) is 0 Å². The molecule has 0 heterocycles. The predicted octanol–water partition coefficient (Wildman–Crippen LogP) is 3.18. The maximum absolute atomic E-state index is 12.6. The molecule has 9 nitrogen and oxygen atoms in total. The molecular formula is C23H29Cl2N5O4. The van der Waals surface area contributed by atoms with Crippen LogP contribution in [0.5, 0.6) is 0 Å². The summed E-state index contributed by atoms with van der Waals surface area (Å²) >= 11 is 12.6. The summed E-state index contributed by atoms with van der Waals surface area (Å²) in [4.78, 5) is 38.7. The van der Waals surface area contributed by atoms with Crippen molar-refractivity contribution in [3.8, 4) is 0 Å². The number of alkyl halides is 1. The van der Waals surface area contributed by atoms with Crippen LogP contribution < -0.4 is 21.3 Å². The Morgan fingerprint density at radius 1 is 1.26 bits per heavy atom. The number of guanidine groups is 1. The summed E-state index contributed by atoms with van der Waals surface area (Å²) in [7, 11) is 1.65. The average molecular weight is 510 g/mol. The molecule has 0 spiro atoms. The van der Waals surface area contributed by atoms with Gasteiger partial charge in [0.2, 0.25) is 5.91 Å². The van der Waals surface area contributed by atoms with Gasteiger partial charge in [-0.3, -0.25) is 19.4 Å². The lowest BCUT2D eigenvalue weighted by Crippen LogP contribution is -2.47. The van der Waals surface area contributed by atoms with E-state index in [0.29, 0.717) is 27.8 Å². The number of nitrogens with zero attached hydrogens (tertiary/aromatic N) is 1. The van der Waals surface area contributed by atoms with Crippen molar-refractivity contribution in [2.45, 2.75) is 44.1 Å². The smallest absolute Gasteiger partial charge is 0.303 e. The van der Waals surface area contributed by atoms with E-state index in [-0.39, 0.29) is 31.8 Å². The van der Waals surface area contributed by atoms with Crippen LogP contribution >= 0.6 is 23.2 Å². The van der Waals surface area contributed by atoms with E-state index >= 15 is 0 Å². The summed E-state index contributed by atoms with van der Waals surface area (Å²) in [6.07, 6.45) is 3.53. The summed E-state index contributed by atoms with van der Waals surface area (Å²) in [6, 6.07) is 6.96. The minimum atomic E-state index is -1.30. The van der Waals surface area contributed by atoms with Gasteiger partial charge in [-0.25, -0.2) is 0 Å². The summed E-state index contributed by atoms with van der Waals surface area (Å²) in [5.74, 6) is -1.32. The number of aliphatic imine (C=N–C) groups is 1. The molecule has 0 bridgehead atoms. The van der Waals surface area contributed by atoms with E-state index in [2.05, 4.69) is 26.3 Å². The van der Waals surface area contributed by atoms with Gasteiger partial charge in [0.05, 0.1) is 6.54 Å². The van der Waals surface area contributed by atoms with Crippen molar-refractivity contribution in [2.75, 3.05) is 18.9 Å². The number of carboxylic acid groups (broad SMARTS) is 1. The topological polar surface area (TPSA) is 132 Å². The Morgan fingerprint density at radius 3 is 2.65 bits per heavy atom. The third-order valence-corrected chi connectivity index (χ3v) is 5.20. The minimum absolute atomic E-state index is 0.0694. The van der Waals surface area contributed by atoms with Crippen molar-refractivity contribution >= 4 is 52.6 Å². The molecule has 0 aliphatic heterocycles. The standard InChI is InChI=1S/C23H29Cl2N5O4/c1-14(2)28-22(26-3)29-18-6-4-5-16(10-18)21(34)27-13-19(31)30-23(25)11-15(7-8-20(32)33)9-17(24)12-23/h4-6,9-10,12,14H,7-8,11,13H2,1-3H3,(H,27,34)(H,30,31)(H,32,33)(H2,26,28,29). The number of benzene rings is 1. The van der Waals surface area contributed by atoms with Crippen molar-refractivity contribution in [1.82, 2.24) is 16.0 Å². The SMILES string of the molecule is CN=C(Nc1cccc(C(=O)NCC(=O)NC2(Cl)C=C(Cl)C=C(CCC(=O)O)C2)c1)NC(C)C. The highest BCUT2D eigenvalue weighted by Gasteiger charge is 2.31. The van der Waals surface area contributed by atoms with E-state index in [0.717, 1.165) is 0 Å². The zero-order valence-electron chi connectivity index (χ0n) is 19.2. The van der Waals surface area contributed by atoms with Gasteiger partial charge in [0.1, 0.15) is 5.00 Å². The Morgan fingerprint density at radius 2 is 2.00 bits per heavy atom. The van der Waals surface area contributed by atoms with Crippen LogP contribution in [0.25, 0.3) is 0 Å². The molecule has 1 aliphatic carbocycles. The molecule has 0 aromatic heterocycles. The fourth-order valence-electron chi connectivity index (χ4n) is 3.24. The number of anilines is 1. The van der Waals surface area contributed by atoms with Crippen molar-refractivity contribution in [2.24, 2.45) is 4.99 Å². The molecule has 2 rings (SSSR count). The molecule has 1 aliphatic rings. The van der Waals surface area contributed by atoms with E-state index in [1.54, 1.807) is 37.4 Å². The number of allylic oxidation sites excluding steroid dienone is 2. The fraction of sp³-hybridized carbons (Fsp3) is 0.391. The van der Waals surface area contributed by atoms with Gasteiger partial charge in [-0.05, 0) is 50.6 Å². The maximum atomic E-state index is 12.6. The van der Waals surface area contributed by atoms with E-state index < -0.39 is 22.8 Å². The zero-order chi connectivity index (χ0) is 25.3. The number of carboxylic acids is 1. The second-order valence-corrected chi connectivity index (χ2v) is 9.18. The second-order valence-electron chi connectivity index (χ2n) is 8.07. The number of amides is 2. The summed E-state index contributed by atoms with van der Waals surface area (Å²) in [6.45, 7) is 3.66. The van der Waals surface area contributed by atoms with E-state index in [1.807, 2.05) is 13.8 Å². The number of carbonyl (C=O) groups is 3. The number of halogens is 2. The van der Waals surface area contributed by atoms with Crippen LogP contribution in [0, 0.1) is 0 Å². The molecule has 2 amide bonds. The predicted molar refractivity (Wildman–Crippen MR) is 134 cm³/mol. The first-order valence-electron chi connectivity index (χ1n) is 10.7. The van der Waals surface area contributed by atoms with Crippen molar-refractivity contribution in [3.63, 3.8) is 0 Å². The van der Waals surface area contributed by atoms with Gasteiger partial charge in [-0.1, -0.05) is 34.8 Å². The first-order valence-corrected chi connectivity index (χ1v) is 11.4. The highest BCUT2D eigenvalue weighted by molar-refractivity contribution is 6.33. The van der Waals surface area contributed by atoms with Gasteiger partial charge < -0.3 is 26.4 Å². The molecule has 0 radical (unpaired) electrons. The molecule has 5 N–H and O–H groups in total. The summed E-state index contributed by atoms with van der Waals surface area (Å²) < 4.78 is 0. The molecule has 1 atom stereocenters. The maximum Gasteiger partial charge on any atom is 0.303 e. The number of aliphatic carboxylic acids is 1. The first-order chi connectivity index (χ1) is 16.0. The molecule has 1 aromatic rings. The molecule has 0 fully saturated rings. The Hall–Kier alpha value is -3.04. The third kappa shape index (κ3) is 9.07. The number of hydrogen-bond acceptors (Lipinski definition) is 4. The zero-order valence-corrected chi connectivity index (χ0v) is 20.8. The average Bonchev–Trinajstić information content (AvgIpc) is 2.74. The van der Waals surface area contributed by atoms with Crippen LogP contribution in [0.2, 0.25) is 0 Å². The van der Waals surface area contributed by atoms with Gasteiger partial charge in [0.25, 0.3) is 5.91 Å². The van der Waals surface area contributed by atoms with E-state index in [4.69, 9.17) is 28.3 Å². The van der Waals surface area contributed by atoms with Crippen LogP contribution in [0.1, 0.15) is 43.5 Å². The van der Waals surface area contributed by atoms with Crippen molar-refractivity contribution < 1.29 is 19.5 Å². The number of carbonyl (C=O) groups excluding carboxylic acids is 2. The summed E-state index contributed by atoms with van der Waals surface area (Å²) in [5.41, 5.74) is 1.73. The molecular weight excluding hydrogens is 481 g/mol. The minimum Gasteiger partial charge on any atom is -0.481 e. The molecule has 0 saturated carbocycles. The van der Waals surface area contributed by atoms with Crippen LogP contribution in [0.3, 0.4) is 0 Å². The lowest BCUT2D eigenvalue weighted by atomic mass is 9.96. The van der Waals surface area contributed by atoms with Crippen LogP contribution in [0.15, 0.2) is 52.0 Å². The van der Waals surface area contributed by atoms with Gasteiger partial charge in [-0.15, -0.1) is 0 Å². The second kappa shape index (κ2) is 12.4. The number of nitrogens with one attached hydrogen (secondary N) is 4. The largest absolute Gasteiger partial charge is 0.481 e. The lowest BCUT2D eigenvalue weighted by Gasteiger charge is -2.29. The van der Waals surface area contributed by atoms with Crippen LogP contribution in [0.4, 0.5) is 5.69 Å². The Kier molecular flexibility index (Phi) is 9.95. The van der Waals surface area contributed by atoms with Gasteiger partial charge in [0.15, 0.2) is 5.96 Å². The monoisotopic (exact) mass is 509 g/mol. The number of hydrogen-bond donors (Lipinski definition) is 5. The highest BCUT2D eigenvalue weighted by atomic mass is 35.5. The molecule has 1 unspecified atom stereocenters. The third-order valence-electron chi connectivity index (χ3n) is 4.65. The molecule has 11 heteroatoms. The quantitative estimate of drug-likeness (QED) is 0.150. The van der Waals surface area contributed by atoms with E-state index in [1.165, 1.54) is 6.08 Å². The van der Waals surface area contributed by atoms with E-state index in [9.17, 15) is 14.4 Å². The van der Waals surface area contributed by atoms with Gasteiger partial charge in [-0.2, -0.15) is 0 Å². The number of rotatable bonds is 9. The normalized spacial score (nSPS) is 18.0. The first kappa shape index (κ1) is 27.2. The Bertz CT molecular complexity index is 1020. The molecule has 184 valence electrons. The van der Waals surface area contributed by atoms with Gasteiger partial charge in [0, 0.05) is 42.2 Å². The lowest BCUT2D eigenvalue weighted by molar-refractivity contribution is -0.137. The van der Waals surface area contributed by atoms with Crippen molar-refractivity contribution in [3.05, 3.63) is 52.6 Å². The summed E-state index contributed by atoms with van der Waals surface area (Å²) in [5, 5.41) is 20.6. The molecule has 34 heavy (non-hydrogen) atoms. The van der Waals surface area contributed by atoms with Crippen LogP contribution in [-0.4, -0.2) is 53.5 Å². The molecule has 1 aromatic carbocycles. The Balaban J connectivity index is 1.93. The highest BCUT2D eigenvalue weighted by Crippen LogP contribution is 2.33.